The van der Waals surface area contributed by atoms with Gasteiger partial charge in [-0.3, -0.25) is 9.59 Å². The van der Waals surface area contributed by atoms with Crippen LogP contribution in [0.4, 0.5) is 5.69 Å². The summed E-state index contributed by atoms with van der Waals surface area (Å²) in [6.07, 6.45) is 1.35. The number of hydrogen-bond acceptors (Lipinski definition) is 3. The lowest BCUT2D eigenvalue weighted by atomic mass is 10.1. The fourth-order valence-corrected chi connectivity index (χ4v) is 3.31. The van der Waals surface area contributed by atoms with Crippen molar-refractivity contribution in [2.24, 2.45) is 5.92 Å². The van der Waals surface area contributed by atoms with Gasteiger partial charge in [-0.05, 0) is 31.0 Å². The Bertz CT molecular complexity index is 584. The fraction of sp³-hybridized carbons (Fsp3) is 0.556. The molecule has 5 heteroatoms. The summed E-state index contributed by atoms with van der Waals surface area (Å²) in [6, 6.07) is 8.03. The molecular formula is C18H24N2O3. The summed E-state index contributed by atoms with van der Waals surface area (Å²) in [5.74, 6) is -0.117. The predicted octanol–water partition coefficient (Wildman–Crippen LogP) is 1.85. The minimum atomic E-state index is -0.237. The maximum absolute atomic E-state index is 12.7. The average molecular weight is 316 g/mol. The number of anilines is 1. The molecule has 3 rings (SSSR count). The molecule has 0 radical (unpaired) electrons. The first kappa shape index (κ1) is 16.0. The second kappa shape index (κ2) is 6.71. The van der Waals surface area contributed by atoms with E-state index in [9.17, 15) is 9.59 Å². The van der Waals surface area contributed by atoms with Gasteiger partial charge in [0.15, 0.2) is 0 Å². The summed E-state index contributed by atoms with van der Waals surface area (Å²) >= 11 is 0. The van der Waals surface area contributed by atoms with E-state index >= 15 is 0 Å². The quantitative estimate of drug-likeness (QED) is 0.855. The Kier molecular flexibility index (Phi) is 4.66. The van der Waals surface area contributed by atoms with Crippen LogP contribution in [0.5, 0.6) is 0 Å². The standard InChI is InChI=1S/C18H24N2O3/c1-3-14-4-6-16(7-5-14)20-12-15(10-17(20)21)18(22)19-8-9-23-13(2)11-19/h4-7,13,15H,3,8-12H2,1-2H3. The van der Waals surface area contributed by atoms with Crippen LogP contribution in [-0.4, -0.2) is 49.1 Å². The first-order chi connectivity index (χ1) is 11.1. The van der Waals surface area contributed by atoms with Crippen molar-refractivity contribution in [2.75, 3.05) is 31.1 Å². The predicted molar refractivity (Wildman–Crippen MR) is 88.3 cm³/mol. The van der Waals surface area contributed by atoms with Gasteiger partial charge < -0.3 is 14.5 Å². The third-order valence-corrected chi connectivity index (χ3v) is 4.68. The van der Waals surface area contributed by atoms with Gasteiger partial charge >= 0.3 is 0 Å². The molecule has 0 aromatic heterocycles. The topological polar surface area (TPSA) is 49.9 Å². The third-order valence-electron chi connectivity index (χ3n) is 4.68. The number of aryl methyl sites for hydroxylation is 1. The number of carbonyl (C=O) groups excluding carboxylic acids is 2. The Morgan fingerprint density at radius 1 is 1.26 bits per heavy atom. The van der Waals surface area contributed by atoms with Crippen molar-refractivity contribution >= 4 is 17.5 Å². The number of hydrogen-bond donors (Lipinski definition) is 0. The SMILES string of the molecule is CCc1ccc(N2CC(C(=O)N3CCOC(C)C3)CC2=O)cc1. The van der Waals surface area contributed by atoms with E-state index in [-0.39, 0.29) is 23.8 Å². The lowest BCUT2D eigenvalue weighted by Crippen LogP contribution is -2.47. The highest BCUT2D eigenvalue weighted by atomic mass is 16.5. The Labute approximate surface area is 137 Å². The number of rotatable bonds is 3. The molecule has 1 aromatic rings. The van der Waals surface area contributed by atoms with E-state index in [1.807, 2.05) is 36.1 Å². The van der Waals surface area contributed by atoms with Crippen molar-refractivity contribution in [1.82, 2.24) is 4.90 Å². The molecule has 2 aliphatic rings. The first-order valence-electron chi connectivity index (χ1n) is 8.38. The van der Waals surface area contributed by atoms with Gasteiger partial charge in [0.1, 0.15) is 0 Å². The maximum atomic E-state index is 12.7. The fourth-order valence-electron chi connectivity index (χ4n) is 3.31. The van der Waals surface area contributed by atoms with E-state index in [1.54, 1.807) is 4.90 Å². The van der Waals surface area contributed by atoms with Crippen LogP contribution in [0.2, 0.25) is 0 Å². The molecule has 2 atom stereocenters. The molecule has 2 heterocycles. The van der Waals surface area contributed by atoms with Crippen LogP contribution in [0.25, 0.3) is 0 Å². The number of nitrogens with zero attached hydrogens (tertiary/aromatic N) is 2. The van der Waals surface area contributed by atoms with Crippen LogP contribution >= 0.6 is 0 Å². The van der Waals surface area contributed by atoms with Gasteiger partial charge in [0, 0.05) is 31.7 Å². The summed E-state index contributed by atoms with van der Waals surface area (Å²) < 4.78 is 5.48. The second-order valence-corrected chi connectivity index (χ2v) is 6.39. The lowest BCUT2D eigenvalue weighted by Gasteiger charge is -2.32. The smallest absolute Gasteiger partial charge is 0.228 e. The molecule has 0 saturated carbocycles. The molecule has 2 aliphatic heterocycles. The van der Waals surface area contributed by atoms with E-state index in [0.29, 0.717) is 32.7 Å². The maximum Gasteiger partial charge on any atom is 0.228 e. The van der Waals surface area contributed by atoms with Gasteiger partial charge in [-0.25, -0.2) is 0 Å². The zero-order valence-corrected chi connectivity index (χ0v) is 13.8. The summed E-state index contributed by atoms with van der Waals surface area (Å²) in [5.41, 5.74) is 2.13. The second-order valence-electron chi connectivity index (χ2n) is 6.39. The Hall–Kier alpha value is -1.88. The van der Waals surface area contributed by atoms with Crippen LogP contribution in [-0.2, 0) is 20.7 Å². The monoisotopic (exact) mass is 316 g/mol. The van der Waals surface area contributed by atoms with Crippen LogP contribution in [0.1, 0.15) is 25.8 Å². The van der Waals surface area contributed by atoms with Crippen molar-refractivity contribution in [3.8, 4) is 0 Å². The number of ether oxygens (including phenoxy) is 1. The number of carbonyl (C=O) groups is 2. The van der Waals surface area contributed by atoms with E-state index < -0.39 is 0 Å². The van der Waals surface area contributed by atoms with E-state index in [0.717, 1.165) is 12.1 Å². The van der Waals surface area contributed by atoms with Crippen LogP contribution in [0.3, 0.4) is 0 Å². The van der Waals surface area contributed by atoms with Crippen molar-refractivity contribution in [3.63, 3.8) is 0 Å². The number of benzene rings is 1. The first-order valence-corrected chi connectivity index (χ1v) is 8.38. The van der Waals surface area contributed by atoms with Gasteiger partial charge in [-0.2, -0.15) is 0 Å². The molecule has 2 fully saturated rings. The normalized spacial score (nSPS) is 25.0. The molecule has 0 aliphatic carbocycles. The Morgan fingerprint density at radius 3 is 2.65 bits per heavy atom. The molecular weight excluding hydrogens is 292 g/mol. The van der Waals surface area contributed by atoms with Crippen molar-refractivity contribution in [1.29, 1.82) is 0 Å². The molecule has 0 spiro atoms. The summed E-state index contributed by atoms with van der Waals surface area (Å²) in [7, 11) is 0. The van der Waals surface area contributed by atoms with Gasteiger partial charge in [0.05, 0.1) is 18.6 Å². The minimum absolute atomic E-state index is 0.0360. The molecule has 1 aromatic carbocycles. The molecule has 23 heavy (non-hydrogen) atoms. The average Bonchev–Trinajstić information content (AvgIpc) is 2.96. The molecule has 2 saturated heterocycles. The van der Waals surface area contributed by atoms with Crippen LogP contribution in [0.15, 0.2) is 24.3 Å². The van der Waals surface area contributed by atoms with Crippen molar-refractivity contribution in [2.45, 2.75) is 32.8 Å². The molecule has 124 valence electrons. The zero-order valence-electron chi connectivity index (χ0n) is 13.8. The van der Waals surface area contributed by atoms with Gasteiger partial charge in [-0.1, -0.05) is 19.1 Å². The van der Waals surface area contributed by atoms with E-state index in [4.69, 9.17) is 4.74 Å². The van der Waals surface area contributed by atoms with E-state index in [2.05, 4.69) is 6.92 Å². The van der Waals surface area contributed by atoms with Crippen molar-refractivity contribution < 1.29 is 14.3 Å². The van der Waals surface area contributed by atoms with Gasteiger partial charge in [0.25, 0.3) is 0 Å². The van der Waals surface area contributed by atoms with Gasteiger partial charge in [-0.15, -0.1) is 0 Å². The zero-order chi connectivity index (χ0) is 16.4. The summed E-state index contributed by atoms with van der Waals surface area (Å²) in [5, 5.41) is 0. The van der Waals surface area contributed by atoms with Crippen LogP contribution < -0.4 is 4.90 Å². The highest BCUT2D eigenvalue weighted by molar-refractivity contribution is 6.00. The molecule has 2 amide bonds. The molecule has 5 nitrogen and oxygen atoms in total. The van der Waals surface area contributed by atoms with Crippen molar-refractivity contribution in [3.05, 3.63) is 29.8 Å². The van der Waals surface area contributed by atoms with E-state index in [1.165, 1.54) is 5.56 Å². The highest BCUT2D eigenvalue weighted by Crippen LogP contribution is 2.27. The Balaban J connectivity index is 1.67. The van der Waals surface area contributed by atoms with Gasteiger partial charge in [0.2, 0.25) is 11.8 Å². The number of amides is 2. The lowest BCUT2D eigenvalue weighted by molar-refractivity contribution is -0.142. The largest absolute Gasteiger partial charge is 0.375 e. The van der Waals surface area contributed by atoms with Crippen LogP contribution in [0, 0.1) is 5.92 Å². The molecule has 0 bridgehead atoms. The summed E-state index contributed by atoms with van der Waals surface area (Å²) in [6.45, 7) is 6.38. The number of morpholine rings is 1. The molecule has 2 unspecified atom stereocenters. The minimum Gasteiger partial charge on any atom is -0.375 e. The Morgan fingerprint density at radius 2 is 2.00 bits per heavy atom. The molecule has 0 N–H and O–H groups in total. The highest BCUT2D eigenvalue weighted by Gasteiger charge is 2.38. The summed E-state index contributed by atoms with van der Waals surface area (Å²) in [4.78, 5) is 28.6. The third kappa shape index (κ3) is 3.39.